The Balaban J connectivity index is 1.76. The first-order chi connectivity index (χ1) is 12.1. The summed E-state index contributed by atoms with van der Waals surface area (Å²) >= 11 is 1.28. The van der Waals surface area contributed by atoms with Crippen LogP contribution in [0.4, 0.5) is 0 Å². The average Bonchev–Trinajstić information content (AvgIpc) is 3.05. The molecule has 0 bridgehead atoms. The van der Waals surface area contributed by atoms with Crippen LogP contribution in [-0.2, 0) is 6.54 Å². The first kappa shape index (κ1) is 17.0. The van der Waals surface area contributed by atoms with E-state index in [9.17, 15) is 15.0 Å². The van der Waals surface area contributed by atoms with E-state index in [-0.39, 0.29) is 23.0 Å². The highest BCUT2D eigenvalue weighted by molar-refractivity contribution is 7.99. The number of carbonyl (C=O) groups is 1. The molecular formula is C17H16N4O3S. The fourth-order valence-corrected chi connectivity index (χ4v) is 3.20. The molecule has 0 radical (unpaired) electrons. The Bertz CT molecular complexity index is 896. The van der Waals surface area contributed by atoms with Crippen LogP contribution in [0.5, 0.6) is 11.5 Å². The van der Waals surface area contributed by atoms with E-state index < -0.39 is 0 Å². The number of aromatic hydroxyl groups is 2. The van der Waals surface area contributed by atoms with Gasteiger partial charge in [-0.05, 0) is 37.3 Å². The number of nitrogens with zero attached hydrogens (tertiary/aromatic N) is 4. The summed E-state index contributed by atoms with van der Waals surface area (Å²) in [6.07, 6.45) is 3.38. The van der Waals surface area contributed by atoms with Crippen molar-refractivity contribution in [2.75, 3.05) is 5.75 Å². The first-order valence-electron chi connectivity index (χ1n) is 7.61. The predicted octanol–water partition coefficient (Wildman–Crippen LogP) is 2.75. The van der Waals surface area contributed by atoms with E-state index in [4.69, 9.17) is 0 Å². The third-order valence-corrected chi connectivity index (χ3v) is 4.57. The molecule has 7 nitrogen and oxygen atoms in total. The Kier molecular flexibility index (Phi) is 4.99. The Morgan fingerprint density at radius 3 is 2.56 bits per heavy atom. The van der Waals surface area contributed by atoms with Crippen LogP contribution >= 0.6 is 11.8 Å². The van der Waals surface area contributed by atoms with Crippen molar-refractivity contribution in [3.8, 4) is 22.9 Å². The largest absolute Gasteiger partial charge is 0.504 e. The van der Waals surface area contributed by atoms with E-state index in [2.05, 4.69) is 15.2 Å². The molecule has 3 aromatic rings. The van der Waals surface area contributed by atoms with Gasteiger partial charge in [0.15, 0.2) is 28.3 Å². The van der Waals surface area contributed by atoms with Crippen molar-refractivity contribution in [3.05, 3.63) is 48.3 Å². The highest BCUT2D eigenvalue weighted by atomic mass is 32.2. The SMILES string of the molecule is CCn1c(SCC(=O)c2ccc(O)c(O)c2)nnc1-c1ccncc1. The van der Waals surface area contributed by atoms with Crippen LogP contribution in [0.1, 0.15) is 17.3 Å². The molecule has 0 spiro atoms. The quantitative estimate of drug-likeness (QED) is 0.398. The second kappa shape index (κ2) is 7.35. The molecule has 2 N–H and O–H groups in total. The maximum atomic E-state index is 12.3. The van der Waals surface area contributed by atoms with E-state index in [1.165, 1.54) is 30.0 Å². The lowest BCUT2D eigenvalue weighted by Gasteiger charge is -2.07. The minimum Gasteiger partial charge on any atom is -0.504 e. The second-order valence-electron chi connectivity index (χ2n) is 5.20. The number of carbonyl (C=O) groups excluding carboxylic acids is 1. The first-order valence-corrected chi connectivity index (χ1v) is 8.60. The van der Waals surface area contributed by atoms with Crippen LogP contribution < -0.4 is 0 Å². The number of ketones is 1. The number of rotatable bonds is 6. The van der Waals surface area contributed by atoms with Crippen LogP contribution in [0, 0.1) is 0 Å². The molecule has 3 rings (SSSR count). The van der Waals surface area contributed by atoms with Crippen LogP contribution in [0.15, 0.2) is 47.9 Å². The molecule has 2 heterocycles. The Morgan fingerprint density at radius 1 is 1.12 bits per heavy atom. The monoisotopic (exact) mass is 356 g/mol. The van der Waals surface area contributed by atoms with Gasteiger partial charge in [0.2, 0.25) is 0 Å². The number of phenols is 2. The molecule has 0 aliphatic carbocycles. The summed E-state index contributed by atoms with van der Waals surface area (Å²) in [5.41, 5.74) is 1.24. The molecule has 1 aromatic carbocycles. The zero-order chi connectivity index (χ0) is 17.8. The summed E-state index contributed by atoms with van der Waals surface area (Å²) < 4.78 is 1.93. The molecule has 0 saturated carbocycles. The van der Waals surface area contributed by atoms with Gasteiger partial charge in [0.1, 0.15) is 0 Å². The smallest absolute Gasteiger partial charge is 0.191 e. The standard InChI is InChI=1S/C17H16N4O3S/c1-2-21-16(11-5-7-18-8-6-11)19-20-17(21)25-10-15(24)12-3-4-13(22)14(23)9-12/h3-9,22-23H,2,10H2,1H3. The number of Topliss-reactive ketones (excluding diaryl/α,β-unsaturated/α-hetero) is 1. The number of pyridine rings is 1. The summed E-state index contributed by atoms with van der Waals surface area (Å²) in [6, 6.07) is 7.74. The van der Waals surface area contributed by atoms with Gasteiger partial charge in [-0.15, -0.1) is 10.2 Å². The Morgan fingerprint density at radius 2 is 1.88 bits per heavy atom. The molecule has 25 heavy (non-hydrogen) atoms. The number of benzene rings is 1. The van der Waals surface area contributed by atoms with E-state index in [1.54, 1.807) is 12.4 Å². The maximum absolute atomic E-state index is 12.3. The molecule has 0 fully saturated rings. The van der Waals surface area contributed by atoms with Gasteiger partial charge in [-0.1, -0.05) is 11.8 Å². The van der Waals surface area contributed by atoms with E-state index in [0.717, 1.165) is 11.4 Å². The van der Waals surface area contributed by atoms with E-state index in [1.807, 2.05) is 23.6 Å². The molecular weight excluding hydrogens is 340 g/mol. The summed E-state index contributed by atoms with van der Waals surface area (Å²) in [5, 5.41) is 27.9. The van der Waals surface area contributed by atoms with Crippen LogP contribution in [0.2, 0.25) is 0 Å². The van der Waals surface area contributed by atoms with Crippen LogP contribution in [-0.4, -0.2) is 41.5 Å². The number of phenolic OH excluding ortho intramolecular Hbond substituents is 2. The summed E-state index contributed by atoms with van der Waals surface area (Å²) in [6.45, 7) is 2.65. The lowest BCUT2D eigenvalue weighted by Crippen LogP contribution is -2.05. The molecule has 2 aromatic heterocycles. The second-order valence-corrected chi connectivity index (χ2v) is 6.14. The number of hydrogen-bond acceptors (Lipinski definition) is 7. The van der Waals surface area contributed by atoms with Gasteiger partial charge in [-0.3, -0.25) is 9.78 Å². The topological polar surface area (TPSA) is 101 Å². The van der Waals surface area contributed by atoms with Crippen molar-refractivity contribution < 1.29 is 15.0 Å². The van der Waals surface area contributed by atoms with Crippen molar-refractivity contribution in [1.82, 2.24) is 19.7 Å². The van der Waals surface area contributed by atoms with Gasteiger partial charge in [0, 0.05) is 30.1 Å². The van der Waals surface area contributed by atoms with E-state index in [0.29, 0.717) is 17.3 Å². The molecule has 128 valence electrons. The van der Waals surface area contributed by atoms with Crippen molar-refractivity contribution in [1.29, 1.82) is 0 Å². The van der Waals surface area contributed by atoms with Crippen LogP contribution in [0.3, 0.4) is 0 Å². The lowest BCUT2D eigenvalue weighted by atomic mass is 10.1. The summed E-state index contributed by atoms with van der Waals surface area (Å²) in [4.78, 5) is 16.3. The predicted molar refractivity (Wildman–Crippen MR) is 93.8 cm³/mol. The number of hydrogen-bond donors (Lipinski definition) is 2. The third-order valence-electron chi connectivity index (χ3n) is 3.60. The zero-order valence-corrected chi connectivity index (χ0v) is 14.3. The average molecular weight is 356 g/mol. The van der Waals surface area contributed by atoms with Gasteiger partial charge in [-0.2, -0.15) is 0 Å². The van der Waals surface area contributed by atoms with Gasteiger partial charge in [0.25, 0.3) is 0 Å². The number of thioether (sulfide) groups is 1. The lowest BCUT2D eigenvalue weighted by molar-refractivity contribution is 0.102. The van der Waals surface area contributed by atoms with E-state index >= 15 is 0 Å². The van der Waals surface area contributed by atoms with Crippen molar-refractivity contribution >= 4 is 17.5 Å². The Labute approximate surface area is 148 Å². The Hall–Kier alpha value is -2.87. The normalized spacial score (nSPS) is 10.8. The fourth-order valence-electron chi connectivity index (χ4n) is 2.31. The highest BCUT2D eigenvalue weighted by Crippen LogP contribution is 2.27. The van der Waals surface area contributed by atoms with Crippen LogP contribution in [0.25, 0.3) is 11.4 Å². The minimum absolute atomic E-state index is 0.151. The number of aromatic nitrogens is 4. The van der Waals surface area contributed by atoms with Crippen molar-refractivity contribution in [2.24, 2.45) is 0 Å². The van der Waals surface area contributed by atoms with Gasteiger partial charge >= 0.3 is 0 Å². The molecule has 0 atom stereocenters. The highest BCUT2D eigenvalue weighted by Gasteiger charge is 2.16. The summed E-state index contributed by atoms with van der Waals surface area (Å²) in [7, 11) is 0. The summed E-state index contributed by atoms with van der Waals surface area (Å²) in [5.74, 6) is 0.140. The molecule has 8 heteroatoms. The third kappa shape index (κ3) is 3.63. The van der Waals surface area contributed by atoms with Crippen molar-refractivity contribution in [2.45, 2.75) is 18.6 Å². The van der Waals surface area contributed by atoms with Gasteiger partial charge in [-0.25, -0.2) is 0 Å². The minimum atomic E-state index is -0.312. The molecule has 0 saturated heterocycles. The molecule has 0 aliphatic heterocycles. The van der Waals surface area contributed by atoms with Crippen molar-refractivity contribution in [3.63, 3.8) is 0 Å². The fraction of sp³-hybridized carbons (Fsp3) is 0.176. The van der Waals surface area contributed by atoms with Gasteiger partial charge < -0.3 is 14.8 Å². The molecule has 0 amide bonds. The van der Waals surface area contributed by atoms with Gasteiger partial charge in [0.05, 0.1) is 5.75 Å². The zero-order valence-electron chi connectivity index (χ0n) is 13.5. The molecule has 0 unspecified atom stereocenters. The maximum Gasteiger partial charge on any atom is 0.191 e. The molecule has 0 aliphatic rings.